The van der Waals surface area contributed by atoms with Gasteiger partial charge in [0.25, 0.3) is 0 Å². The summed E-state index contributed by atoms with van der Waals surface area (Å²) in [5, 5.41) is 23.0. The summed E-state index contributed by atoms with van der Waals surface area (Å²) in [5.41, 5.74) is 3.85. The number of hydrogen-bond acceptors (Lipinski definition) is 6. The van der Waals surface area contributed by atoms with Crippen LogP contribution in [-0.2, 0) is 16.1 Å². The Labute approximate surface area is 231 Å². The molecule has 0 aromatic heterocycles. The quantitative estimate of drug-likeness (QED) is 0.109. The predicted molar refractivity (Wildman–Crippen MR) is 158 cm³/mol. The Morgan fingerprint density at radius 1 is 1.13 bits per heavy atom. The summed E-state index contributed by atoms with van der Waals surface area (Å²) < 4.78 is 16.9. The van der Waals surface area contributed by atoms with Crippen molar-refractivity contribution in [3.63, 3.8) is 0 Å². The lowest BCUT2D eigenvalue weighted by atomic mass is 10.0. The monoisotopic (exact) mass is 531 g/mol. The van der Waals surface area contributed by atoms with Crippen molar-refractivity contribution in [2.45, 2.75) is 104 Å². The van der Waals surface area contributed by atoms with Crippen LogP contribution in [0.4, 0.5) is 0 Å². The maximum atomic E-state index is 10.4. The fraction of sp³-hybridized carbons (Fsp3) is 0.625. The van der Waals surface area contributed by atoms with Crippen molar-refractivity contribution < 1.29 is 24.4 Å². The first-order valence-electron chi connectivity index (χ1n) is 14.3. The molecule has 1 aliphatic rings. The van der Waals surface area contributed by atoms with Crippen LogP contribution in [0.3, 0.4) is 0 Å². The van der Waals surface area contributed by atoms with Crippen LogP contribution in [-0.4, -0.2) is 42.3 Å². The van der Waals surface area contributed by atoms with E-state index in [2.05, 4.69) is 32.3 Å². The molecule has 0 amide bonds. The third-order valence-electron chi connectivity index (χ3n) is 6.39. The number of unbranched alkanes of at least 4 members (excludes halogenated alkanes) is 4. The minimum atomic E-state index is -0.586. The molecule has 0 spiro atoms. The zero-order valence-electron chi connectivity index (χ0n) is 24.6. The van der Waals surface area contributed by atoms with Crippen LogP contribution in [0, 0.1) is 0 Å². The molecule has 0 radical (unpaired) electrons. The molecule has 38 heavy (non-hydrogen) atoms. The van der Waals surface area contributed by atoms with E-state index in [0.29, 0.717) is 13.2 Å². The molecule has 2 rings (SSSR count). The molecule has 1 aliphatic heterocycles. The zero-order valence-corrected chi connectivity index (χ0v) is 24.6. The molecule has 0 bridgehead atoms. The van der Waals surface area contributed by atoms with Gasteiger partial charge in [-0.3, -0.25) is 0 Å². The molecule has 1 aromatic rings. The molecule has 1 atom stereocenters. The number of aliphatic hydroxyl groups is 2. The smallest absolute Gasteiger partial charge is 0.205 e. The third kappa shape index (κ3) is 13.6. The molecular weight excluding hydrogens is 478 g/mol. The first-order chi connectivity index (χ1) is 18.1. The Morgan fingerprint density at radius 2 is 1.87 bits per heavy atom. The van der Waals surface area contributed by atoms with Gasteiger partial charge in [-0.15, -0.1) is 0 Å². The molecular formula is C32H53NO5. The summed E-state index contributed by atoms with van der Waals surface area (Å²) in [7, 11) is 0. The summed E-state index contributed by atoms with van der Waals surface area (Å²) in [4.78, 5) is 0. The van der Waals surface area contributed by atoms with Crippen molar-refractivity contribution in [3.05, 3.63) is 65.5 Å². The van der Waals surface area contributed by atoms with Gasteiger partial charge in [0.15, 0.2) is 0 Å². The van der Waals surface area contributed by atoms with E-state index in [4.69, 9.17) is 14.2 Å². The molecule has 0 fully saturated rings. The minimum absolute atomic E-state index is 0.181. The molecule has 216 valence electrons. The van der Waals surface area contributed by atoms with Crippen LogP contribution in [0.5, 0.6) is 5.75 Å². The highest BCUT2D eigenvalue weighted by Crippen LogP contribution is 2.32. The molecule has 1 heterocycles. The van der Waals surface area contributed by atoms with Crippen LogP contribution in [0.1, 0.15) is 103 Å². The number of benzene rings is 1. The summed E-state index contributed by atoms with van der Waals surface area (Å²) in [6.45, 7) is 21.0. The lowest BCUT2D eigenvalue weighted by molar-refractivity contribution is -0.180. The van der Waals surface area contributed by atoms with Gasteiger partial charge in [0.1, 0.15) is 11.5 Å². The van der Waals surface area contributed by atoms with Crippen LogP contribution >= 0.6 is 0 Å². The summed E-state index contributed by atoms with van der Waals surface area (Å²) in [5.74, 6) is 0.436. The SMILES string of the molecule is C=C/C(C)=C(/CCCC)C(=C)O.CCCOCCCCCCNCC(O)c1ccc2c(c1)COC(C)(C)O2. The lowest BCUT2D eigenvalue weighted by Crippen LogP contribution is -2.35. The van der Waals surface area contributed by atoms with Gasteiger partial charge in [0, 0.05) is 39.2 Å². The van der Waals surface area contributed by atoms with Crippen LogP contribution in [0.2, 0.25) is 0 Å². The second-order valence-corrected chi connectivity index (χ2v) is 10.3. The fourth-order valence-electron chi connectivity index (χ4n) is 4.02. The number of rotatable bonds is 17. The van der Waals surface area contributed by atoms with E-state index in [9.17, 15) is 10.2 Å². The molecule has 0 saturated carbocycles. The minimum Gasteiger partial charge on any atom is -0.508 e. The maximum Gasteiger partial charge on any atom is 0.205 e. The molecule has 6 heteroatoms. The number of hydrogen-bond donors (Lipinski definition) is 3. The Hall–Kier alpha value is -2.12. The van der Waals surface area contributed by atoms with Crippen molar-refractivity contribution in [3.8, 4) is 5.75 Å². The first-order valence-corrected chi connectivity index (χ1v) is 14.3. The molecule has 1 aromatic carbocycles. The van der Waals surface area contributed by atoms with Crippen molar-refractivity contribution in [1.82, 2.24) is 5.32 Å². The van der Waals surface area contributed by atoms with E-state index in [0.717, 1.165) is 86.3 Å². The Morgan fingerprint density at radius 3 is 2.53 bits per heavy atom. The highest BCUT2D eigenvalue weighted by molar-refractivity contribution is 5.39. The topological polar surface area (TPSA) is 80.2 Å². The standard InChI is InChI=1S/C21H35NO4.C11H18O/c1-4-12-24-13-8-6-5-7-11-22-15-19(23)17-9-10-20-18(14-17)16-25-21(2,3)26-20;1-5-7-8-11(10(4)12)9(3)6-2/h9-10,14,19,22-23H,4-8,11-13,15-16H2,1-3H3;6,12H,2,4-5,7-8H2,1,3H3/b;11-9-. The van der Waals surface area contributed by atoms with Crippen molar-refractivity contribution >= 4 is 0 Å². The maximum absolute atomic E-state index is 10.4. The lowest BCUT2D eigenvalue weighted by Gasteiger charge is -2.33. The van der Waals surface area contributed by atoms with Crippen molar-refractivity contribution in [2.24, 2.45) is 0 Å². The van der Waals surface area contributed by atoms with Gasteiger partial charge >= 0.3 is 0 Å². The number of aliphatic hydroxyl groups excluding tert-OH is 2. The van der Waals surface area contributed by atoms with Gasteiger partial charge in [-0.05, 0) is 74.4 Å². The van der Waals surface area contributed by atoms with E-state index in [1.54, 1.807) is 6.08 Å². The molecule has 3 N–H and O–H groups in total. The van der Waals surface area contributed by atoms with Crippen molar-refractivity contribution in [2.75, 3.05) is 26.3 Å². The van der Waals surface area contributed by atoms with E-state index in [1.165, 1.54) is 12.8 Å². The van der Waals surface area contributed by atoms with Gasteiger partial charge in [-0.25, -0.2) is 0 Å². The van der Waals surface area contributed by atoms with Crippen LogP contribution in [0.15, 0.2) is 54.3 Å². The van der Waals surface area contributed by atoms with Crippen LogP contribution in [0.25, 0.3) is 0 Å². The number of nitrogens with one attached hydrogen (secondary N) is 1. The normalized spacial score (nSPS) is 15.3. The fourth-order valence-corrected chi connectivity index (χ4v) is 4.02. The van der Waals surface area contributed by atoms with E-state index in [-0.39, 0.29) is 5.76 Å². The Kier molecular flexibility index (Phi) is 17.0. The second-order valence-electron chi connectivity index (χ2n) is 10.3. The van der Waals surface area contributed by atoms with Crippen LogP contribution < -0.4 is 10.1 Å². The summed E-state index contributed by atoms with van der Waals surface area (Å²) >= 11 is 0. The van der Waals surface area contributed by atoms with Gasteiger partial charge in [0.05, 0.1) is 12.7 Å². The molecule has 0 saturated heterocycles. The molecule has 1 unspecified atom stereocenters. The average Bonchev–Trinajstić information content (AvgIpc) is 2.89. The molecule has 0 aliphatic carbocycles. The zero-order chi connectivity index (χ0) is 28.4. The summed E-state index contributed by atoms with van der Waals surface area (Å²) in [6, 6.07) is 5.84. The summed E-state index contributed by atoms with van der Waals surface area (Å²) in [6.07, 6.45) is 10.1. The number of ether oxygens (including phenoxy) is 3. The Bertz CT molecular complexity index is 861. The highest BCUT2D eigenvalue weighted by Gasteiger charge is 2.27. The van der Waals surface area contributed by atoms with E-state index >= 15 is 0 Å². The van der Waals surface area contributed by atoms with Gasteiger partial charge in [0.2, 0.25) is 5.79 Å². The van der Waals surface area contributed by atoms with Gasteiger partial charge < -0.3 is 29.7 Å². The third-order valence-corrected chi connectivity index (χ3v) is 6.39. The van der Waals surface area contributed by atoms with Gasteiger partial charge in [-0.2, -0.15) is 0 Å². The average molecular weight is 532 g/mol. The largest absolute Gasteiger partial charge is 0.508 e. The first kappa shape index (κ1) is 33.9. The predicted octanol–water partition coefficient (Wildman–Crippen LogP) is 7.69. The van der Waals surface area contributed by atoms with Gasteiger partial charge in [-0.1, -0.05) is 58.4 Å². The number of fused-ring (bicyclic) bond motifs is 1. The second kappa shape index (κ2) is 19.0. The Balaban J connectivity index is 0.000000508. The highest BCUT2D eigenvalue weighted by atomic mass is 16.7. The number of allylic oxidation sites excluding steroid dienone is 3. The van der Waals surface area contributed by atoms with Crippen molar-refractivity contribution in [1.29, 1.82) is 0 Å². The van der Waals surface area contributed by atoms with E-state index in [1.807, 2.05) is 39.0 Å². The van der Waals surface area contributed by atoms with E-state index < -0.39 is 11.9 Å². The molecule has 6 nitrogen and oxygen atoms in total.